The van der Waals surface area contributed by atoms with Crippen LogP contribution in [-0.4, -0.2) is 67.8 Å². The number of hydrogen-bond donors (Lipinski definition) is 0. The number of nitrogens with zero attached hydrogens (tertiary/aromatic N) is 5. The molecule has 1 saturated heterocycles. The number of piperazine rings is 1. The van der Waals surface area contributed by atoms with Gasteiger partial charge in [-0.2, -0.15) is 0 Å². The van der Waals surface area contributed by atoms with Crippen molar-refractivity contribution in [1.29, 1.82) is 0 Å². The van der Waals surface area contributed by atoms with Crippen molar-refractivity contribution in [3.63, 3.8) is 0 Å². The first-order valence-corrected chi connectivity index (χ1v) is 15.3. The zero-order chi connectivity index (χ0) is 28.8. The summed E-state index contributed by atoms with van der Waals surface area (Å²) in [4.78, 5) is 29.6. The molecule has 5 rings (SSSR count). The second kappa shape index (κ2) is 13.4. The SMILES string of the molecule is Cc1ccc(-c2nnc(SCCCCC(=O)N3CCN(C(=O)c4cccc(Cl)c4)C(C)C3)n2-c2ccccc2)cc1. The fourth-order valence-electron chi connectivity index (χ4n) is 5.04. The third-order valence-electron chi connectivity index (χ3n) is 7.29. The summed E-state index contributed by atoms with van der Waals surface area (Å²) >= 11 is 7.73. The van der Waals surface area contributed by atoms with E-state index in [0.717, 1.165) is 40.8 Å². The summed E-state index contributed by atoms with van der Waals surface area (Å²) in [6, 6.07) is 25.4. The van der Waals surface area contributed by atoms with Gasteiger partial charge in [-0.25, -0.2) is 0 Å². The van der Waals surface area contributed by atoms with Gasteiger partial charge >= 0.3 is 0 Å². The maximum absolute atomic E-state index is 13.0. The lowest BCUT2D eigenvalue weighted by molar-refractivity contribution is -0.133. The Labute approximate surface area is 250 Å². The lowest BCUT2D eigenvalue weighted by atomic mass is 10.1. The molecule has 0 radical (unpaired) electrons. The highest BCUT2D eigenvalue weighted by atomic mass is 35.5. The van der Waals surface area contributed by atoms with Gasteiger partial charge in [0.25, 0.3) is 5.91 Å². The van der Waals surface area contributed by atoms with Crippen molar-refractivity contribution in [3.05, 3.63) is 95.0 Å². The van der Waals surface area contributed by atoms with Crippen molar-refractivity contribution < 1.29 is 9.59 Å². The van der Waals surface area contributed by atoms with E-state index in [4.69, 9.17) is 11.6 Å². The lowest BCUT2D eigenvalue weighted by Crippen LogP contribution is -2.55. The van der Waals surface area contributed by atoms with E-state index in [1.807, 2.05) is 34.9 Å². The molecule has 0 N–H and O–H groups in total. The van der Waals surface area contributed by atoms with Gasteiger partial charge in [-0.1, -0.05) is 77.5 Å². The zero-order valence-corrected chi connectivity index (χ0v) is 24.9. The number of rotatable bonds is 9. The minimum absolute atomic E-state index is 0.0435. The molecule has 9 heteroatoms. The molecule has 7 nitrogen and oxygen atoms in total. The number of benzene rings is 3. The third-order valence-corrected chi connectivity index (χ3v) is 8.54. The number of hydrogen-bond acceptors (Lipinski definition) is 5. The van der Waals surface area contributed by atoms with Gasteiger partial charge in [0.15, 0.2) is 11.0 Å². The molecule has 1 atom stereocenters. The van der Waals surface area contributed by atoms with Gasteiger partial charge < -0.3 is 9.80 Å². The molecule has 212 valence electrons. The molecule has 3 aromatic carbocycles. The predicted molar refractivity (Wildman–Crippen MR) is 165 cm³/mol. The number of thioether (sulfide) groups is 1. The molecular formula is C32H34ClN5O2S. The van der Waals surface area contributed by atoms with Crippen LogP contribution in [0.25, 0.3) is 17.1 Å². The average Bonchev–Trinajstić information content (AvgIpc) is 3.41. The Bertz CT molecular complexity index is 1490. The largest absolute Gasteiger partial charge is 0.339 e. The molecule has 1 aliphatic rings. The van der Waals surface area contributed by atoms with Gasteiger partial charge in [0, 0.05) is 59.7 Å². The van der Waals surface area contributed by atoms with Crippen LogP contribution in [0.15, 0.2) is 84.0 Å². The summed E-state index contributed by atoms with van der Waals surface area (Å²) in [7, 11) is 0. The standard InChI is InChI=1S/C32H34ClN5O2S/c1-23-14-16-25(17-15-23)30-34-35-32(38(30)28-11-4-3-5-12-28)41-20-7-6-13-29(39)36-18-19-37(24(2)22-36)31(40)26-9-8-10-27(33)21-26/h3-5,8-12,14-17,21,24H,6-7,13,18-20,22H2,1-2H3. The van der Waals surface area contributed by atoms with E-state index in [1.54, 1.807) is 36.0 Å². The molecule has 41 heavy (non-hydrogen) atoms. The maximum Gasteiger partial charge on any atom is 0.254 e. The number of para-hydroxylation sites is 1. The molecule has 0 spiro atoms. The molecule has 1 aromatic heterocycles. The number of halogens is 1. The normalized spacial score (nSPS) is 15.2. The fraction of sp³-hybridized carbons (Fsp3) is 0.312. The predicted octanol–water partition coefficient (Wildman–Crippen LogP) is 6.53. The van der Waals surface area contributed by atoms with Crippen LogP contribution in [0.5, 0.6) is 0 Å². The minimum atomic E-state index is -0.0539. The van der Waals surface area contributed by atoms with Crippen molar-refractivity contribution in [2.75, 3.05) is 25.4 Å². The van der Waals surface area contributed by atoms with Crippen LogP contribution in [0.4, 0.5) is 0 Å². The van der Waals surface area contributed by atoms with E-state index < -0.39 is 0 Å². The molecule has 2 amide bonds. The monoisotopic (exact) mass is 587 g/mol. The van der Waals surface area contributed by atoms with Gasteiger partial charge in [0.2, 0.25) is 5.91 Å². The number of aryl methyl sites for hydroxylation is 1. The van der Waals surface area contributed by atoms with E-state index in [-0.39, 0.29) is 17.9 Å². The van der Waals surface area contributed by atoms with Crippen LogP contribution in [-0.2, 0) is 4.79 Å². The van der Waals surface area contributed by atoms with Crippen LogP contribution in [0.3, 0.4) is 0 Å². The molecule has 0 saturated carbocycles. The Balaban J connectivity index is 1.13. The highest BCUT2D eigenvalue weighted by Gasteiger charge is 2.30. The van der Waals surface area contributed by atoms with E-state index in [2.05, 4.69) is 58.1 Å². The van der Waals surface area contributed by atoms with Crippen molar-refractivity contribution in [2.45, 2.75) is 44.3 Å². The van der Waals surface area contributed by atoms with Gasteiger partial charge in [0.05, 0.1) is 0 Å². The minimum Gasteiger partial charge on any atom is -0.339 e. The van der Waals surface area contributed by atoms with Gasteiger partial charge in [-0.15, -0.1) is 10.2 Å². The van der Waals surface area contributed by atoms with Crippen molar-refractivity contribution in [1.82, 2.24) is 24.6 Å². The first kappa shape index (κ1) is 28.9. The Hall–Kier alpha value is -3.62. The van der Waals surface area contributed by atoms with E-state index in [0.29, 0.717) is 36.6 Å². The molecule has 2 heterocycles. The molecule has 4 aromatic rings. The average molecular weight is 588 g/mol. The highest BCUT2D eigenvalue weighted by molar-refractivity contribution is 7.99. The van der Waals surface area contributed by atoms with Crippen molar-refractivity contribution in [2.24, 2.45) is 0 Å². The number of unbranched alkanes of at least 4 members (excludes halogenated alkanes) is 1. The van der Waals surface area contributed by atoms with Gasteiger partial charge in [0.1, 0.15) is 0 Å². The molecule has 1 aliphatic heterocycles. The summed E-state index contributed by atoms with van der Waals surface area (Å²) in [5, 5.41) is 10.4. The first-order chi connectivity index (χ1) is 19.9. The number of amides is 2. The molecular weight excluding hydrogens is 554 g/mol. The van der Waals surface area contributed by atoms with Crippen LogP contribution in [0.2, 0.25) is 5.02 Å². The Morgan fingerprint density at radius 1 is 0.951 bits per heavy atom. The first-order valence-electron chi connectivity index (χ1n) is 14.0. The van der Waals surface area contributed by atoms with Crippen LogP contribution in [0.1, 0.15) is 42.1 Å². The lowest BCUT2D eigenvalue weighted by Gasteiger charge is -2.40. The van der Waals surface area contributed by atoms with Gasteiger partial charge in [-0.3, -0.25) is 14.2 Å². The van der Waals surface area contributed by atoms with E-state index >= 15 is 0 Å². The Morgan fingerprint density at radius 3 is 2.46 bits per heavy atom. The summed E-state index contributed by atoms with van der Waals surface area (Å²) in [5.41, 5.74) is 3.82. The molecule has 1 fully saturated rings. The zero-order valence-electron chi connectivity index (χ0n) is 23.4. The molecule has 0 bridgehead atoms. The number of carbonyl (C=O) groups is 2. The van der Waals surface area contributed by atoms with Crippen LogP contribution in [0, 0.1) is 6.92 Å². The Kier molecular flexibility index (Phi) is 9.42. The topological polar surface area (TPSA) is 71.3 Å². The van der Waals surface area contributed by atoms with Crippen LogP contribution >= 0.6 is 23.4 Å². The quantitative estimate of drug-likeness (QED) is 0.164. The van der Waals surface area contributed by atoms with Crippen molar-refractivity contribution in [3.8, 4) is 17.1 Å². The van der Waals surface area contributed by atoms with Crippen LogP contribution < -0.4 is 0 Å². The number of carbonyl (C=O) groups excluding carboxylic acids is 2. The second-order valence-corrected chi connectivity index (χ2v) is 11.8. The molecule has 1 unspecified atom stereocenters. The van der Waals surface area contributed by atoms with E-state index in [1.165, 1.54) is 5.56 Å². The smallest absolute Gasteiger partial charge is 0.254 e. The van der Waals surface area contributed by atoms with Gasteiger partial charge in [-0.05, 0) is 57.0 Å². The second-order valence-electron chi connectivity index (χ2n) is 10.3. The fourth-order valence-corrected chi connectivity index (χ4v) is 6.18. The summed E-state index contributed by atoms with van der Waals surface area (Å²) in [6.45, 7) is 5.68. The number of aromatic nitrogens is 3. The third kappa shape index (κ3) is 7.00. The van der Waals surface area contributed by atoms with E-state index in [9.17, 15) is 9.59 Å². The summed E-state index contributed by atoms with van der Waals surface area (Å²) in [6.07, 6.45) is 2.18. The Morgan fingerprint density at radius 2 is 1.73 bits per heavy atom. The van der Waals surface area contributed by atoms with Crippen molar-refractivity contribution >= 4 is 35.2 Å². The summed E-state index contributed by atoms with van der Waals surface area (Å²) in [5.74, 6) is 1.75. The maximum atomic E-state index is 13.0. The molecule has 0 aliphatic carbocycles. The highest BCUT2D eigenvalue weighted by Crippen LogP contribution is 2.29. The summed E-state index contributed by atoms with van der Waals surface area (Å²) < 4.78 is 2.10.